The number of benzene rings is 2. The van der Waals surface area contributed by atoms with Crippen molar-refractivity contribution < 1.29 is 9.94 Å². The maximum atomic E-state index is 10.3. The summed E-state index contributed by atoms with van der Waals surface area (Å²) >= 11 is 0. The van der Waals surface area contributed by atoms with Gasteiger partial charge < -0.3 is 20.2 Å². The van der Waals surface area contributed by atoms with Gasteiger partial charge in [0.15, 0.2) is 0 Å². The smallest absolute Gasteiger partial charge is 0.144 e. The molecule has 0 radical (unpaired) electrons. The number of hydrogen-bond acceptors (Lipinski definition) is 6. The average molecular weight is 445 g/mol. The third-order valence-electron chi connectivity index (χ3n) is 5.86. The normalized spacial score (nSPS) is 16.3. The van der Waals surface area contributed by atoms with Gasteiger partial charge in [0.2, 0.25) is 0 Å². The molecule has 0 amide bonds. The molecule has 0 bridgehead atoms. The molecule has 2 heterocycles. The van der Waals surface area contributed by atoms with Crippen LogP contribution in [0.25, 0.3) is 0 Å². The number of aromatic nitrogens is 1. The van der Waals surface area contributed by atoms with Gasteiger partial charge in [0, 0.05) is 43.4 Å². The highest BCUT2D eigenvalue weighted by atomic mass is 16.6. The van der Waals surface area contributed by atoms with Crippen LogP contribution in [0.1, 0.15) is 41.8 Å². The van der Waals surface area contributed by atoms with Gasteiger partial charge in [-0.25, -0.2) is 4.98 Å². The van der Waals surface area contributed by atoms with Crippen LogP contribution in [0.4, 0.5) is 5.82 Å². The predicted molar refractivity (Wildman–Crippen MR) is 132 cm³/mol. The Bertz CT molecular complexity index is 1060. The molecule has 2 atom stereocenters. The van der Waals surface area contributed by atoms with Crippen LogP contribution >= 0.6 is 0 Å². The predicted octanol–water partition coefficient (Wildman–Crippen LogP) is 4.23. The Labute approximate surface area is 195 Å². The van der Waals surface area contributed by atoms with Crippen LogP contribution in [0.2, 0.25) is 0 Å². The number of pyridine rings is 1. The number of aliphatic hydroxyl groups excluding tert-OH is 1. The maximum absolute atomic E-state index is 10.3. The van der Waals surface area contributed by atoms with E-state index in [9.17, 15) is 5.11 Å². The summed E-state index contributed by atoms with van der Waals surface area (Å²) in [7, 11) is 0. The molecule has 0 saturated carbocycles. The number of nitrogens with one attached hydrogen (secondary N) is 1. The van der Waals surface area contributed by atoms with Crippen LogP contribution in [-0.2, 0) is 11.4 Å². The van der Waals surface area contributed by atoms with Gasteiger partial charge in [-0.1, -0.05) is 65.8 Å². The van der Waals surface area contributed by atoms with Gasteiger partial charge in [0.1, 0.15) is 18.5 Å². The van der Waals surface area contributed by atoms with E-state index in [1.165, 1.54) is 11.1 Å². The minimum absolute atomic E-state index is 0.139. The molecule has 0 fully saturated rings. The highest BCUT2D eigenvalue weighted by Crippen LogP contribution is 2.27. The molecular formula is C27H32N4O2. The molecule has 2 unspecified atom stereocenters. The second-order valence-electron chi connectivity index (χ2n) is 8.51. The lowest BCUT2D eigenvalue weighted by Gasteiger charge is -2.31. The van der Waals surface area contributed by atoms with Crippen molar-refractivity contribution in [3.63, 3.8) is 0 Å². The lowest BCUT2D eigenvalue weighted by Crippen LogP contribution is -2.34. The van der Waals surface area contributed by atoms with Crippen molar-refractivity contribution in [2.75, 3.05) is 24.6 Å². The number of fused-ring (bicyclic) bond motifs is 1. The first kappa shape index (κ1) is 23.0. The second kappa shape index (κ2) is 11.1. The molecule has 1 aliphatic heterocycles. The molecule has 0 aliphatic carbocycles. The van der Waals surface area contributed by atoms with Crippen LogP contribution in [0.15, 0.2) is 78.0 Å². The molecule has 0 spiro atoms. The molecule has 1 aromatic heterocycles. The van der Waals surface area contributed by atoms with E-state index in [0.717, 1.165) is 42.3 Å². The highest BCUT2D eigenvalue weighted by Gasteiger charge is 2.24. The monoisotopic (exact) mass is 444 g/mol. The molecule has 0 saturated heterocycles. The van der Waals surface area contributed by atoms with Crippen molar-refractivity contribution in [1.82, 2.24) is 10.3 Å². The van der Waals surface area contributed by atoms with Crippen LogP contribution in [0, 0.1) is 6.92 Å². The molecule has 2 N–H and O–H groups in total. The molecular weight excluding hydrogens is 412 g/mol. The summed E-state index contributed by atoms with van der Waals surface area (Å²) in [6.07, 6.45) is 0.124. The van der Waals surface area contributed by atoms with E-state index in [0.29, 0.717) is 6.54 Å². The SMILES string of the molecule is Cc1ccc2c(n1)N(Cc1ccccc1)CC/C2=N\OCC(O)CNC(C)c1ccccc1. The molecule has 1 aliphatic rings. The summed E-state index contributed by atoms with van der Waals surface area (Å²) in [5, 5.41) is 18.1. The summed E-state index contributed by atoms with van der Waals surface area (Å²) in [5.74, 6) is 0.936. The maximum Gasteiger partial charge on any atom is 0.144 e. The van der Waals surface area contributed by atoms with Crippen molar-refractivity contribution in [3.05, 3.63) is 95.2 Å². The lowest BCUT2D eigenvalue weighted by atomic mass is 10.0. The zero-order chi connectivity index (χ0) is 23.0. The van der Waals surface area contributed by atoms with Crippen LogP contribution in [0.3, 0.4) is 0 Å². The van der Waals surface area contributed by atoms with Gasteiger partial charge in [-0.2, -0.15) is 0 Å². The molecule has 2 aromatic carbocycles. The standard InChI is InChI=1S/C27H32N4O2/c1-20-13-14-25-26(15-16-31(27(25)29-20)18-22-9-5-3-6-10-22)30-33-19-24(32)17-28-21(2)23-11-7-4-8-12-23/h3-14,21,24,28,32H,15-19H2,1-2H3/b30-26+. The fraction of sp³-hybridized carbons (Fsp3) is 0.333. The Hall–Kier alpha value is -3.22. The van der Waals surface area contributed by atoms with Crippen LogP contribution in [0.5, 0.6) is 0 Å². The zero-order valence-electron chi connectivity index (χ0n) is 19.3. The summed E-state index contributed by atoms with van der Waals surface area (Å²) in [6.45, 7) is 6.28. The van der Waals surface area contributed by atoms with E-state index in [2.05, 4.69) is 64.8 Å². The van der Waals surface area contributed by atoms with Crippen LogP contribution in [-0.4, -0.2) is 41.6 Å². The Morgan fingerprint density at radius 1 is 1.06 bits per heavy atom. The van der Waals surface area contributed by atoms with Gasteiger partial charge in [0.05, 0.1) is 5.71 Å². The Morgan fingerprint density at radius 3 is 2.55 bits per heavy atom. The molecule has 4 rings (SSSR count). The summed E-state index contributed by atoms with van der Waals surface area (Å²) in [5.41, 5.74) is 5.28. The third kappa shape index (κ3) is 6.18. The van der Waals surface area contributed by atoms with E-state index >= 15 is 0 Å². The van der Waals surface area contributed by atoms with Gasteiger partial charge in [0.25, 0.3) is 0 Å². The van der Waals surface area contributed by atoms with Gasteiger partial charge in [-0.15, -0.1) is 0 Å². The molecule has 3 aromatic rings. The van der Waals surface area contributed by atoms with E-state index in [-0.39, 0.29) is 12.6 Å². The lowest BCUT2D eigenvalue weighted by molar-refractivity contribution is 0.0389. The fourth-order valence-electron chi connectivity index (χ4n) is 3.98. The van der Waals surface area contributed by atoms with Crippen molar-refractivity contribution in [2.45, 2.75) is 39.0 Å². The van der Waals surface area contributed by atoms with E-state index < -0.39 is 6.10 Å². The topological polar surface area (TPSA) is 70.0 Å². The number of aliphatic hydroxyl groups is 1. The fourth-order valence-corrected chi connectivity index (χ4v) is 3.98. The molecule has 6 heteroatoms. The van der Waals surface area contributed by atoms with Gasteiger partial charge in [-0.05, 0) is 37.1 Å². The third-order valence-corrected chi connectivity index (χ3v) is 5.86. The van der Waals surface area contributed by atoms with Crippen molar-refractivity contribution in [2.24, 2.45) is 5.16 Å². The Kier molecular flexibility index (Phi) is 7.70. The highest BCUT2D eigenvalue weighted by molar-refractivity contribution is 6.06. The summed E-state index contributed by atoms with van der Waals surface area (Å²) < 4.78 is 0. The first-order valence-corrected chi connectivity index (χ1v) is 11.5. The largest absolute Gasteiger partial charge is 0.393 e. The quantitative estimate of drug-likeness (QED) is 0.483. The van der Waals surface area contributed by atoms with E-state index in [1.54, 1.807) is 0 Å². The summed E-state index contributed by atoms with van der Waals surface area (Å²) in [6, 6.07) is 24.8. The zero-order valence-corrected chi connectivity index (χ0v) is 19.3. The molecule has 6 nitrogen and oxygen atoms in total. The number of aryl methyl sites for hydroxylation is 1. The first-order chi connectivity index (χ1) is 16.1. The average Bonchev–Trinajstić information content (AvgIpc) is 2.85. The van der Waals surface area contributed by atoms with Crippen molar-refractivity contribution in [1.29, 1.82) is 0 Å². The number of hydrogen-bond donors (Lipinski definition) is 2. The van der Waals surface area contributed by atoms with Gasteiger partial charge >= 0.3 is 0 Å². The van der Waals surface area contributed by atoms with E-state index in [4.69, 9.17) is 9.82 Å². The van der Waals surface area contributed by atoms with Crippen molar-refractivity contribution in [3.8, 4) is 0 Å². The first-order valence-electron chi connectivity index (χ1n) is 11.5. The Balaban J connectivity index is 1.35. The van der Waals surface area contributed by atoms with Crippen LogP contribution < -0.4 is 10.2 Å². The van der Waals surface area contributed by atoms with E-state index in [1.807, 2.05) is 37.3 Å². The van der Waals surface area contributed by atoms with Crippen molar-refractivity contribution >= 4 is 11.5 Å². The Morgan fingerprint density at radius 2 is 1.79 bits per heavy atom. The number of oxime groups is 1. The molecule has 33 heavy (non-hydrogen) atoms. The summed E-state index contributed by atoms with van der Waals surface area (Å²) in [4.78, 5) is 12.6. The minimum atomic E-state index is -0.644. The second-order valence-corrected chi connectivity index (χ2v) is 8.51. The minimum Gasteiger partial charge on any atom is -0.393 e. The van der Waals surface area contributed by atoms with Gasteiger partial charge in [-0.3, -0.25) is 0 Å². The number of nitrogens with zero attached hydrogens (tertiary/aromatic N) is 3. The molecule has 172 valence electrons. The number of rotatable bonds is 9. The number of anilines is 1.